The Kier molecular flexibility index (Phi) is 1.98. The van der Waals surface area contributed by atoms with E-state index in [1.807, 2.05) is 38.1 Å². The highest BCUT2D eigenvalue weighted by atomic mass is 31.2. The van der Waals surface area contributed by atoms with Crippen LogP contribution in [0.15, 0.2) is 24.3 Å². The van der Waals surface area contributed by atoms with Crippen LogP contribution in [-0.2, 0) is 14.7 Å². The van der Waals surface area contributed by atoms with Gasteiger partial charge in [-0.15, -0.1) is 0 Å². The summed E-state index contributed by atoms with van der Waals surface area (Å²) >= 11 is 0. The molecule has 0 aliphatic carbocycles. The average Bonchev–Trinajstić information content (AvgIpc) is 2.00. The Hall–Kier alpha value is -0.790. The third-order valence-electron chi connectivity index (χ3n) is 2.19. The molecule has 0 saturated heterocycles. The van der Waals surface area contributed by atoms with Gasteiger partial charge in [-0.3, -0.25) is 4.52 Å². The lowest BCUT2D eigenvalue weighted by atomic mass is 9.98. The van der Waals surface area contributed by atoms with Crippen LogP contribution in [0.3, 0.4) is 0 Å². The molecule has 1 heterocycles. The maximum atomic E-state index is 11.8. The molecule has 0 spiro atoms. The summed E-state index contributed by atoms with van der Waals surface area (Å²) in [6.45, 7) is 5.28. The number of hydrogen-bond acceptors (Lipinski definition) is 3. The zero-order valence-electron chi connectivity index (χ0n) is 8.48. The highest BCUT2D eigenvalue weighted by Crippen LogP contribution is 2.56. The van der Waals surface area contributed by atoms with Crippen molar-refractivity contribution in [3.8, 4) is 5.75 Å². The number of para-hydroxylation sites is 1. The van der Waals surface area contributed by atoms with Gasteiger partial charge in [-0.1, -0.05) is 18.2 Å². The monoisotopic (exact) mass is 212 g/mol. The van der Waals surface area contributed by atoms with E-state index < -0.39 is 13.2 Å². The summed E-state index contributed by atoms with van der Waals surface area (Å²) in [7, 11) is -2.94. The van der Waals surface area contributed by atoms with Crippen LogP contribution in [0.4, 0.5) is 0 Å². The first-order chi connectivity index (χ1) is 6.41. The zero-order chi connectivity index (χ0) is 10.4. The molecule has 1 aliphatic heterocycles. The van der Waals surface area contributed by atoms with E-state index in [-0.39, 0.29) is 0 Å². The Labute approximate surface area is 83.6 Å². The van der Waals surface area contributed by atoms with Crippen LogP contribution in [0.25, 0.3) is 0 Å². The zero-order valence-corrected chi connectivity index (χ0v) is 9.38. The molecule has 0 aromatic heterocycles. The molecule has 1 atom stereocenters. The van der Waals surface area contributed by atoms with E-state index >= 15 is 0 Å². The molecule has 1 aromatic rings. The maximum Gasteiger partial charge on any atom is 0.376 e. The molecule has 76 valence electrons. The number of rotatable bonds is 0. The maximum absolute atomic E-state index is 11.8. The summed E-state index contributed by atoms with van der Waals surface area (Å²) in [6.07, 6.45) is 0. The molecule has 1 unspecified atom stereocenters. The van der Waals surface area contributed by atoms with Gasteiger partial charge < -0.3 is 4.52 Å². The Morgan fingerprint density at radius 3 is 2.64 bits per heavy atom. The first kappa shape index (κ1) is 9.75. The van der Waals surface area contributed by atoms with Crippen LogP contribution in [0.5, 0.6) is 5.75 Å². The molecule has 2 rings (SSSR count). The molecule has 0 N–H and O–H groups in total. The summed E-state index contributed by atoms with van der Waals surface area (Å²) in [4.78, 5) is 0. The molecule has 1 aromatic carbocycles. The van der Waals surface area contributed by atoms with Crippen LogP contribution in [-0.4, -0.2) is 6.66 Å². The van der Waals surface area contributed by atoms with Crippen LogP contribution in [0, 0.1) is 0 Å². The van der Waals surface area contributed by atoms with E-state index in [4.69, 9.17) is 9.05 Å². The van der Waals surface area contributed by atoms with E-state index in [1.165, 1.54) is 6.66 Å². The standard InChI is InChI=1S/C10H13O3P/c1-10(2)8-6-4-5-7-9(8)12-14(3,11)13-10/h4-7H,1-3H3. The number of hydrogen-bond donors (Lipinski definition) is 0. The van der Waals surface area contributed by atoms with Gasteiger partial charge in [-0.05, 0) is 19.9 Å². The second-order valence-corrected chi connectivity index (χ2v) is 5.87. The SMILES string of the molecule is CC1(C)OP(C)(=O)Oc2ccccc21. The Morgan fingerprint density at radius 1 is 1.29 bits per heavy atom. The van der Waals surface area contributed by atoms with E-state index in [2.05, 4.69) is 0 Å². The molecule has 0 fully saturated rings. The van der Waals surface area contributed by atoms with Crippen molar-refractivity contribution in [2.75, 3.05) is 6.66 Å². The number of benzene rings is 1. The molecule has 1 aliphatic rings. The topological polar surface area (TPSA) is 35.5 Å². The highest BCUT2D eigenvalue weighted by Gasteiger charge is 2.39. The van der Waals surface area contributed by atoms with Gasteiger partial charge in [-0.25, -0.2) is 4.57 Å². The van der Waals surface area contributed by atoms with Gasteiger partial charge in [-0.2, -0.15) is 0 Å². The van der Waals surface area contributed by atoms with Gasteiger partial charge in [0.05, 0.1) is 0 Å². The second kappa shape index (κ2) is 2.85. The van der Waals surface area contributed by atoms with E-state index in [1.54, 1.807) is 0 Å². The third-order valence-corrected chi connectivity index (χ3v) is 3.51. The predicted octanol–water partition coefficient (Wildman–Crippen LogP) is 3.15. The molecule has 0 amide bonds. The van der Waals surface area contributed by atoms with Gasteiger partial charge in [0.1, 0.15) is 11.4 Å². The van der Waals surface area contributed by atoms with Gasteiger partial charge in [0.25, 0.3) is 0 Å². The lowest BCUT2D eigenvalue weighted by molar-refractivity contribution is 0.0786. The van der Waals surface area contributed by atoms with Crippen molar-refractivity contribution in [3.63, 3.8) is 0 Å². The fraction of sp³-hybridized carbons (Fsp3) is 0.400. The van der Waals surface area contributed by atoms with Crippen molar-refractivity contribution >= 4 is 7.60 Å². The minimum Gasteiger partial charge on any atom is -0.424 e. The van der Waals surface area contributed by atoms with Crippen molar-refractivity contribution in [1.82, 2.24) is 0 Å². The van der Waals surface area contributed by atoms with Crippen molar-refractivity contribution in [1.29, 1.82) is 0 Å². The smallest absolute Gasteiger partial charge is 0.376 e. The Bertz CT molecular complexity index is 412. The summed E-state index contributed by atoms with van der Waals surface area (Å²) in [5.74, 6) is 0.662. The molecular formula is C10H13O3P. The van der Waals surface area contributed by atoms with Crippen LogP contribution in [0.1, 0.15) is 19.4 Å². The first-order valence-electron chi connectivity index (χ1n) is 4.48. The van der Waals surface area contributed by atoms with Gasteiger partial charge >= 0.3 is 7.60 Å². The average molecular weight is 212 g/mol. The molecule has 0 radical (unpaired) electrons. The van der Waals surface area contributed by atoms with E-state index in [0.717, 1.165) is 5.56 Å². The number of fused-ring (bicyclic) bond motifs is 1. The summed E-state index contributed by atoms with van der Waals surface area (Å²) < 4.78 is 22.5. The Balaban J connectivity index is 2.58. The highest BCUT2D eigenvalue weighted by molar-refractivity contribution is 7.53. The lowest BCUT2D eigenvalue weighted by Gasteiger charge is -2.35. The molecule has 0 saturated carbocycles. The lowest BCUT2D eigenvalue weighted by Crippen LogP contribution is -2.26. The largest absolute Gasteiger partial charge is 0.424 e. The second-order valence-electron chi connectivity index (χ2n) is 3.96. The van der Waals surface area contributed by atoms with Crippen LogP contribution < -0.4 is 4.52 Å². The fourth-order valence-corrected chi connectivity index (χ4v) is 3.19. The predicted molar refractivity (Wildman–Crippen MR) is 54.7 cm³/mol. The molecule has 3 nitrogen and oxygen atoms in total. The van der Waals surface area contributed by atoms with Gasteiger partial charge in [0, 0.05) is 12.2 Å². The molecule has 4 heteroatoms. The van der Waals surface area contributed by atoms with Crippen LogP contribution in [0.2, 0.25) is 0 Å². The van der Waals surface area contributed by atoms with Crippen molar-refractivity contribution in [2.45, 2.75) is 19.4 Å². The minimum absolute atomic E-state index is 0.543. The van der Waals surface area contributed by atoms with E-state index in [9.17, 15) is 4.57 Å². The fourth-order valence-electron chi connectivity index (χ4n) is 1.70. The molecular weight excluding hydrogens is 199 g/mol. The normalized spacial score (nSPS) is 29.1. The molecule has 14 heavy (non-hydrogen) atoms. The van der Waals surface area contributed by atoms with Crippen molar-refractivity contribution < 1.29 is 13.6 Å². The Morgan fingerprint density at radius 2 is 1.93 bits per heavy atom. The van der Waals surface area contributed by atoms with Crippen molar-refractivity contribution in [3.05, 3.63) is 29.8 Å². The van der Waals surface area contributed by atoms with Crippen molar-refractivity contribution in [2.24, 2.45) is 0 Å². The van der Waals surface area contributed by atoms with Gasteiger partial charge in [0.15, 0.2) is 0 Å². The summed E-state index contributed by atoms with van der Waals surface area (Å²) in [5.41, 5.74) is 0.396. The van der Waals surface area contributed by atoms with E-state index in [0.29, 0.717) is 5.75 Å². The minimum atomic E-state index is -2.94. The molecule has 0 bridgehead atoms. The van der Waals surface area contributed by atoms with Gasteiger partial charge in [0.2, 0.25) is 0 Å². The summed E-state index contributed by atoms with van der Waals surface area (Å²) in [6, 6.07) is 7.52. The first-order valence-corrected chi connectivity index (χ1v) is 6.47. The third kappa shape index (κ3) is 1.58. The quantitative estimate of drug-likeness (QED) is 0.619. The van der Waals surface area contributed by atoms with Crippen LogP contribution >= 0.6 is 7.60 Å². The summed E-state index contributed by atoms with van der Waals surface area (Å²) in [5, 5.41) is 0.